The summed E-state index contributed by atoms with van der Waals surface area (Å²) in [5, 5.41) is 8.63. The molecule has 1 aromatic heterocycles. The summed E-state index contributed by atoms with van der Waals surface area (Å²) in [6.45, 7) is 0.109. The van der Waals surface area contributed by atoms with E-state index in [1.165, 1.54) is 12.1 Å². The predicted molar refractivity (Wildman–Crippen MR) is 67.5 cm³/mol. The average molecular weight is 258 g/mol. The van der Waals surface area contributed by atoms with E-state index in [0.29, 0.717) is 11.5 Å². The molecule has 0 spiro atoms. The number of pyridine rings is 1. The molecule has 0 aliphatic rings. The van der Waals surface area contributed by atoms with Crippen molar-refractivity contribution in [2.75, 3.05) is 5.43 Å². The van der Waals surface area contributed by atoms with Gasteiger partial charge in [-0.3, -0.25) is 0 Å². The number of ether oxygens (including phenoxy) is 1. The van der Waals surface area contributed by atoms with Crippen LogP contribution < -0.4 is 16.0 Å². The Kier molecular flexibility index (Phi) is 3.90. The first-order valence-electron chi connectivity index (χ1n) is 5.48. The van der Waals surface area contributed by atoms with Crippen molar-refractivity contribution in [3.8, 4) is 11.8 Å². The fourth-order valence-electron chi connectivity index (χ4n) is 1.48. The molecule has 0 bridgehead atoms. The van der Waals surface area contributed by atoms with E-state index in [2.05, 4.69) is 10.4 Å². The van der Waals surface area contributed by atoms with Crippen LogP contribution in [0.25, 0.3) is 0 Å². The molecular formula is C13H11FN4O. The third-order valence-corrected chi connectivity index (χ3v) is 2.39. The van der Waals surface area contributed by atoms with E-state index in [9.17, 15) is 4.39 Å². The fraction of sp³-hybridized carbons (Fsp3) is 0.0769. The van der Waals surface area contributed by atoms with Gasteiger partial charge in [0, 0.05) is 0 Å². The highest BCUT2D eigenvalue weighted by molar-refractivity contribution is 5.36. The number of nitriles is 1. The van der Waals surface area contributed by atoms with Crippen LogP contribution in [0.15, 0.2) is 36.4 Å². The van der Waals surface area contributed by atoms with Gasteiger partial charge in [-0.25, -0.2) is 15.2 Å². The molecule has 0 radical (unpaired) electrons. The highest BCUT2D eigenvalue weighted by Crippen LogP contribution is 2.19. The SMILES string of the molecule is N#Cc1ccc(OCc2cccc(NN)n2)c(F)c1. The van der Waals surface area contributed by atoms with Gasteiger partial charge in [-0.1, -0.05) is 6.07 Å². The van der Waals surface area contributed by atoms with Crippen LogP contribution >= 0.6 is 0 Å². The minimum absolute atomic E-state index is 0.0758. The van der Waals surface area contributed by atoms with E-state index in [1.54, 1.807) is 18.2 Å². The number of rotatable bonds is 4. The molecule has 2 rings (SSSR count). The Balaban J connectivity index is 2.08. The Bertz CT molecular complexity index is 624. The molecule has 1 aromatic carbocycles. The van der Waals surface area contributed by atoms with Crippen LogP contribution in [0.5, 0.6) is 5.75 Å². The summed E-state index contributed by atoms with van der Waals surface area (Å²) >= 11 is 0. The lowest BCUT2D eigenvalue weighted by atomic mass is 10.2. The maximum Gasteiger partial charge on any atom is 0.166 e. The largest absolute Gasteiger partial charge is 0.484 e. The quantitative estimate of drug-likeness (QED) is 0.647. The predicted octanol–water partition coefficient (Wildman–Crippen LogP) is 1.96. The van der Waals surface area contributed by atoms with Crippen LogP contribution in [0.4, 0.5) is 10.2 Å². The third-order valence-electron chi connectivity index (χ3n) is 2.39. The highest BCUT2D eigenvalue weighted by atomic mass is 19.1. The maximum atomic E-state index is 13.6. The molecule has 0 aliphatic heterocycles. The van der Waals surface area contributed by atoms with Crippen molar-refractivity contribution >= 4 is 5.82 Å². The van der Waals surface area contributed by atoms with Crippen molar-refractivity contribution < 1.29 is 9.13 Å². The molecule has 1 heterocycles. The second-order valence-electron chi connectivity index (χ2n) is 3.70. The van der Waals surface area contributed by atoms with Crippen LogP contribution in [0, 0.1) is 17.1 Å². The molecule has 0 saturated heterocycles. The first-order chi connectivity index (χ1) is 9.22. The minimum Gasteiger partial charge on any atom is -0.484 e. The van der Waals surface area contributed by atoms with Gasteiger partial charge >= 0.3 is 0 Å². The molecular weight excluding hydrogens is 247 g/mol. The van der Waals surface area contributed by atoms with E-state index in [1.807, 2.05) is 6.07 Å². The molecule has 96 valence electrons. The van der Waals surface area contributed by atoms with Crippen LogP contribution in [-0.2, 0) is 6.61 Å². The Morgan fingerprint density at radius 2 is 2.21 bits per heavy atom. The minimum atomic E-state index is -0.577. The number of anilines is 1. The Hall–Kier alpha value is -2.65. The number of nitrogen functional groups attached to an aromatic ring is 1. The summed E-state index contributed by atoms with van der Waals surface area (Å²) in [6.07, 6.45) is 0. The van der Waals surface area contributed by atoms with Crippen molar-refractivity contribution in [3.63, 3.8) is 0 Å². The Labute approximate surface area is 109 Å². The smallest absolute Gasteiger partial charge is 0.166 e. The van der Waals surface area contributed by atoms with Gasteiger partial charge in [0.15, 0.2) is 11.6 Å². The van der Waals surface area contributed by atoms with E-state index >= 15 is 0 Å². The van der Waals surface area contributed by atoms with Crippen LogP contribution in [0.1, 0.15) is 11.3 Å². The molecule has 0 fully saturated rings. The first-order valence-corrected chi connectivity index (χ1v) is 5.48. The summed E-state index contributed by atoms with van der Waals surface area (Å²) in [5.74, 6) is 5.24. The van der Waals surface area contributed by atoms with Gasteiger partial charge in [0.2, 0.25) is 0 Å². The van der Waals surface area contributed by atoms with Gasteiger partial charge in [0.05, 0.1) is 17.3 Å². The van der Waals surface area contributed by atoms with Gasteiger partial charge in [-0.15, -0.1) is 0 Å². The second kappa shape index (κ2) is 5.80. The number of hydrogen-bond acceptors (Lipinski definition) is 5. The lowest BCUT2D eigenvalue weighted by molar-refractivity contribution is 0.286. The van der Waals surface area contributed by atoms with Crippen molar-refractivity contribution in [1.29, 1.82) is 5.26 Å². The normalized spacial score (nSPS) is 9.74. The van der Waals surface area contributed by atoms with E-state index in [0.717, 1.165) is 6.07 Å². The molecule has 0 aliphatic carbocycles. The number of hydrazine groups is 1. The molecule has 0 amide bonds. The molecule has 5 nitrogen and oxygen atoms in total. The first kappa shape index (κ1) is 12.8. The number of nitrogens with zero attached hydrogens (tertiary/aromatic N) is 2. The zero-order valence-corrected chi connectivity index (χ0v) is 9.93. The lowest BCUT2D eigenvalue weighted by Gasteiger charge is -2.08. The number of halogens is 1. The number of nitrogens with two attached hydrogens (primary N) is 1. The van der Waals surface area contributed by atoms with Crippen molar-refractivity contribution in [2.24, 2.45) is 5.84 Å². The zero-order valence-electron chi connectivity index (χ0n) is 9.93. The average Bonchev–Trinajstić information content (AvgIpc) is 2.46. The third kappa shape index (κ3) is 3.18. The van der Waals surface area contributed by atoms with Gasteiger partial charge in [-0.2, -0.15) is 5.26 Å². The van der Waals surface area contributed by atoms with Gasteiger partial charge in [-0.05, 0) is 30.3 Å². The summed E-state index contributed by atoms with van der Waals surface area (Å²) in [6, 6.07) is 11.1. The van der Waals surface area contributed by atoms with Gasteiger partial charge < -0.3 is 10.2 Å². The molecule has 6 heteroatoms. The Morgan fingerprint density at radius 3 is 2.89 bits per heavy atom. The van der Waals surface area contributed by atoms with Crippen molar-refractivity contribution in [2.45, 2.75) is 6.61 Å². The van der Waals surface area contributed by atoms with Crippen LogP contribution in [0.2, 0.25) is 0 Å². The maximum absolute atomic E-state index is 13.6. The van der Waals surface area contributed by atoms with E-state index < -0.39 is 5.82 Å². The van der Waals surface area contributed by atoms with E-state index in [4.69, 9.17) is 15.8 Å². The highest BCUT2D eigenvalue weighted by Gasteiger charge is 2.05. The summed E-state index contributed by atoms with van der Waals surface area (Å²) < 4.78 is 18.9. The molecule has 0 saturated carbocycles. The van der Waals surface area contributed by atoms with Gasteiger partial charge in [0.1, 0.15) is 12.4 Å². The monoisotopic (exact) mass is 258 g/mol. The zero-order chi connectivity index (χ0) is 13.7. The number of nitrogens with one attached hydrogen (secondary N) is 1. The number of aromatic nitrogens is 1. The Morgan fingerprint density at radius 1 is 1.37 bits per heavy atom. The fourth-order valence-corrected chi connectivity index (χ4v) is 1.48. The summed E-state index contributed by atoms with van der Waals surface area (Å²) in [5.41, 5.74) is 3.27. The second-order valence-corrected chi connectivity index (χ2v) is 3.70. The molecule has 2 aromatic rings. The van der Waals surface area contributed by atoms with E-state index in [-0.39, 0.29) is 17.9 Å². The standard InChI is InChI=1S/C13H11FN4O/c14-11-6-9(7-15)4-5-12(11)19-8-10-2-1-3-13(17-10)18-16/h1-6H,8,16H2,(H,17,18). The van der Waals surface area contributed by atoms with Gasteiger partial charge in [0.25, 0.3) is 0 Å². The molecule has 0 atom stereocenters. The topological polar surface area (TPSA) is 84.0 Å². The molecule has 0 unspecified atom stereocenters. The van der Waals surface area contributed by atoms with Crippen LogP contribution in [-0.4, -0.2) is 4.98 Å². The summed E-state index contributed by atoms with van der Waals surface area (Å²) in [4.78, 5) is 4.13. The van der Waals surface area contributed by atoms with Crippen LogP contribution in [0.3, 0.4) is 0 Å². The number of benzene rings is 1. The summed E-state index contributed by atoms with van der Waals surface area (Å²) in [7, 11) is 0. The lowest BCUT2D eigenvalue weighted by Crippen LogP contribution is -2.10. The number of hydrogen-bond donors (Lipinski definition) is 2. The van der Waals surface area contributed by atoms with Crippen molar-refractivity contribution in [1.82, 2.24) is 4.98 Å². The molecule has 19 heavy (non-hydrogen) atoms. The van der Waals surface area contributed by atoms with Crippen molar-refractivity contribution in [3.05, 3.63) is 53.5 Å². The molecule has 3 N–H and O–H groups in total.